The first kappa shape index (κ1) is 13.4. The summed E-state index contributed by atoms with van der Waals surface area (Å²) in [5.74, 6) is 0.674. The fourth-order valence-electron chi connectivity index (χ4n) is 2.37. The smallest absolute Gasteiger partial charge is 0.101 e. The fourth-order valence-corrected chi connectivity index (χ4v) is 2.37. The molecule has 0 saturated carbocycles. The van der Waals surface area contributed by atoms with Crippen LogP contribution in [0.3, 0.4) is 0 Å². The van der Waals surface area contributed by atoms with Crippen LogP contribution >= 0.6 is 0 Å². The summed E-state index contributed by atoms with van der Waals surface area (Å²) in [7, 11) is 2.01. The summed E-state index contributed by atoms with van der Waals surface area (Å²) < 4.78 is 2.08. The van der Waals surface area contributed by atoms with E-state index in [9.17, 15) is 0 Å². The van der Waals surface area contributed by atoms with Crippen molar-refractivity contribution in [3.63, 3.8) is 0 Å². The minimum atomic E-state index is 0.674. The van der Waals surface area contributed by atoms with Crippen LogP contribution in [0.5, 0.6) is 0 Å². The summed E-state index contributed by atoms with van der Waals surface area (Å²) in [5, 5.41) is 9.08. The van der Waals surface area contributed by atoms with E-state index in [4.69, 9.17) is 5.26 Å². The normalized spacial score (nSPS) is 10.7. The van der Waals surface area contributed by atoms with Crippen molar-refractivity contribution < 1.29 is 0 Å². The van der Waals surface area contributed by atoms with Gasteiger partial charge in [-0.3, -0.25) is 0 Å². The van der Waals surface area contributed by atoms with E-state index in [2.05, 4.69) is 48.7 Å². The quantitative estimate of drug-likeness (QED) is 0.809. The molecule has 98 valence electrons. The van der Waals surface area contributed by atoms with Gasteiger partial charge in [-0.2, -0.15) is 5.26 Å². The predicted molar refractivity (Wildman–Crippen MR) is 78.8 cm³/mol. The van der Waals surface area contributed by atoms with Crippen LogP contribution in [0.2, 0.25) is 0 Å². The Morgan fingerprint density at radius 1 is 1.21 bits per heavy atom. The van der Waals surface area contributed by atoms with Crippen LogP contribution in [0, 0.1) is 24.2 Å². The Morgan fingerprint density at radius 2 is 1.84 bits per heavy atom. The number of aromatic nitrogens is 1. The van der Waals surface area contributed by atoms with E-state index >= 15 is 0 Å². The number of nitrogens with zero attached hydrogens (tertiary/aromatic N) is 2. The third-order valence-corrected chi connectivity index (χ3v) is 3.55. The van der Waals surface area contributed by atoms with Crippen LogP contribution in [0.25, 0.3) is 11.3 Å². The number of hydrogen-bond donors (Lipinski definition) is 0. The highest BCUT2D eigenvalue weighted by Gasteiger charge is 2.10. The summed E-state index contributed by atoms with van der Waals surface area (Å²) >= 11 is 0. The Labute approximate surface area is 115 Å². The molecule has 0 bridgehead atoms. The Balaban J connectivity index is 2.35. The highest BCUT2D eigenvalue weighted by molar-refractivity contribution is 5.64. The molecule has 2 heteroatoms. The van der Waals surface area contributed by atoms with Gasteiger partial charge in [0.25, 0.3) is 0 Å². The highest BCUT2D eigenvalue weighted by atomic mass is 15.0. The van der Waals surface area contributed by atoms with Crippen LogP contribution in [0.4, 0.5) is 0 Å². The molecule has 2 nitrogen and oxygen atoms in total. The first-order valence-electron chi connectivity index (χ1n) is 6.68. The SMILES string of the molecule is Cc1c(C#N)cc(-c2ccc(CC(C)C)cc2)n1C. The van der Waals surface area contributed by atoms with Gasteiger partial charge in [0, 0.05) is 18.4 Å². The van der Waals surface area contributed by atoms with Gasteiger partial charge in [-0.05, 0) is 36.5 Å². The second-order valence-electron chi connectivity index (χ2n) is 5.49. The molecule has 0 aliphatic heterocycles. The molecule has 1 aromatic heterocycles. The maximum absolute atomic E-state index is 9.08. The van der Waals surface area contributed by atoms with Crippen molar-refractivity contribution >= 4 is 0 Å². The number of hydrogen-bond acceptors (Lipinski definition) is 1. The third-order valence-electron chi connectivity index (χ3n) is 3.55. The van der Waals surface area contributed by atoms with E-state index in [1.54, 1.807) is 0 Å². The summed E-state index contributed by atoms with van der Waals surface area (Å²) in [6.07, 6.45) is 1.11. The molecule has 2 rings (SSSR count). The molecule has 2 aromatic rings. The van der Waals surface area contributed by atoms with E-state index in [1.165, 1.54) is 11.1 Å². The van der Waals surface area contributed by atoms with Crippen LogP contribution in [0.1, 0.15) is 30.7 Å². The largest absolute Gasteiger partial charge is 0.347 e. The number of rotatable bonds is 3. The Bertz CT molecular complexity index is 610. The molecule has 0 unspecified atom stereocenters. The average Bonchev–Trinajstić information content (AvgIpc) is 2.66. The summed E-state index contributed by atoms with van der Waals surface area (Å²) in [6, 6.07) is 12.9. The molecule has 0 amide bonds. The lowest BCUT2D eigenvalue weighted by molar-refractivity contribution is 0.647. The van der Waals surface area contributed by atoms with Crippen LogP contribution in [0.15, 0.2) is 30.3 Å². The van der Waals surface area contributed by atoms with Gasteiger partial charge in [0.15, 0.2) is 0 Å². The predicted octanol–water partition coefficient (Wildman–Crippen LogP) is 4.07. The molecule has 0 aliphatic carbocycles. The van der Waals surface area contributed by atoms with Gasteiger partial charge in [-0.15, -0.1) is 0 Å². The first-order chi connectivity index (χ1) is 9.02. The Hall–Kier alpha value is -2.01. The zero-order chi connectivity index (χ0) is 14.0. The number of benzene rings is 1. The van der Waals surface area contributed by atoms with Crippen molar-refractivity contribution in [2.24, 2.45) is 13.0 Å². The Kier molecular flexibility index (Phi) is 3.76. The van der Waals surface area contributed by atoms with Gasteiger partial charge in [0.2, 0.25) is 0 Å². The van der Waals surface area contributed by atoms with Gasteiger partial charge in [0.1, 0.15) is 6.07 Å². The van der Waals surface area contributed by atoms with Crippen molar-refractivity contribution in [1.29, 1.82) is 5.26 Å². The van der Waals surface area contributed by atoms with Gasteiger partial charge in [-0.25, -0.2) is 0 Å². The monoisotopic (exact) mass is 252 g/mol. The standard InChI is InChI=1S/C17H20N2/c1-12(2)9-14-5-7-15(8-6-14)17-10-16(11-18)13(3)19(17)4/h5-8,10,12H,9H2,1-4H3. The van der Waals surface area contributed by atoms with Crippen LogP contribution in [-0.4, -0.2) is 4.57 Å². The molecule has 0 saturated heterocycles. The van der Waals surface area contributed by atoms with Crippen molar-refractivity contribution in [3.8, 4) is 17.3 Å². The lowest BCUT2D eigenvalue weighted by Crippen LogP contribution is -1.96. The van der Waals surface area contributed by atoms with Crippen LogP contribution < -0.4 is 0 Å². The van der Waals surface area contributed by atoms with Crippen molar-refractivity contribution in [2.75, 3.05) is 0 Å². The van der Waals surface area contributed by atoms with Crippen molar-refractivity contribution in [3.05, 3.63) is 47.2 Å². The molecule has 0 radical (unpaired) electrons. The molecule has 1 aromatic carbocycles. The van der Waals surface area contributed by atoms with E-state index in [0.717, 1.165) is 23.4 Å². The van der Waals surface area contributed by atoms with Gasteiger partial charge >= 0.3 is 0 Å². The highest BCUT2D eigenvalue weighted by Crippen LogP contribution is 2.25. The number of nitriles is 1. The topological polar surface area (TPSA) is 28.7 Å². The van der Waals surface area contributed by atoms with E-state index < -0.39 is 0 Å². The lowest BCUT2D eigenvalue weighted by Gasteiger charge is -2.08. The van der Waals surface area contributed by atoms with E-state index in [-0.39, 0.29) is 0 Å². The zero-order valence-corrected chi connectivity index (χ0v) is 12.1. The summed E-state index contributed by atoms with van der Waals surface area (Å²) in [4.78, 5) is 0. The fraction of sp³-hybridized carbons (Fsp3) is 0.353. The summed E-state index contributed by atoms with van der Waals surface area (Å²) in [5.41, 5.74) is 5.41. The molecule has 0 spiro atoms. The Morgan fingerprint density at radius 3 is 2.32 bits per heavy atom. The molecule has 0 fully saturated rings. The van der Waals surface area contributed by atoms with E-state index in [1.807, 2.05) is 20.0 Å². The summed E-state index contributed by atoms with van der Waals surface area (Å²) in [6.45, 7) is 6.44. The van der Waals surface area contributed by atoms with Gasteiger partial charge < -0.3 is 4.57 Å². The molecule has 1 heterocycles. The maximum Gasteiger partial charge on any atom is 0.101 e. The molecule has 0 atom stereocenters. The molecular weight excluding hydrogens is 232 g/mol. The minimum absolute atomic E-state index is 0.674. The molecule has 0 N–H and O–H groups in total. The van der Waals surface area contributed by atoms with Gasteiger partial charge in [0.05, 0.1) is 5.56 Å². The lowest BCUT2D eigenvalue weighted by atomic mass is 10.0. The third kappa shape index (κ3) is 2.71. The second-order valence-corrected chi connectivity index (χ2v) is 5.49. The van der Waals surface area contributed by atoms with E-state index in [0.29, 0.717) is 5.92 Å². The zero-order valence-electron chi connectivity index (χ0n) is 12.1. The average molecular weight is 252 g/mol. The van der Waals surface area contributed by atoms with Crippen LogP contribution in [-0.2, 0) is 13.5 Å². The molecule has 19 heavy (non-hydrogen) atoms. The minimum Gasteiger partial charge on any atom is -0.347 e. The van der Waals surface area contributed by atoms with Crippen molar-refractivity contribution in [1.82, 2.24) is 4.57 Å². The van der Waals surface area contributed by atoms with Gasteiger partial charge in [-0.1, -0.05) is 38.1 Å². The maximum atomic E-state index is 9.08. The van der Waals surface area contributed by atoms with Crippen molar-refractivity contribution in [2.45, 2.75) is 27.2 Å². The molecule has 0 aliphatic rings. The first-order valence-corrected chi connectivity index (χ1v) is 6.68. The second kappa shape index (κ2) is 5.32. The molecular formula is C17H20N2.